The second kappa shape index (κ2) is 9.07. The second-order valence-electron chi connectivity index (χ2n) is 6.58. The Labute approximate surface area is 151 Å². The number of hydrogen-bond donors (Lipinski definition) is 1. The van der Waals surface area contributed by atoms with Crippen LogP contribution < -0.4 is 10.5 Å². The van der Waals surface area contributed by atoms with Crippen LogP contribution in [0.4, 0.5) is 0 Å². The maximum atomic E-state index is 6.09. The first kappa shape index (κ1) is 18.8. The van der Waals surface area contributed by atoms with E-state index in [-0.39, 0.29) is 12.4 Å². The fourth-order valence-corrected chi connectivity index (χ4v) is 3.08. The van der Waals surface area contributed by atoms with Gasteiger partial charge in [0.25, 0.3) is 0 Å². The number of halogens is 1. The van der Waals surface area contributed by atoms with Gasteiger partial charge in [-0.25, -0.2) is 0 Å². The highest BCUT2D eigenvalue weighted by atomic mass is 35.5. The van der Waals surface area contributed by atoms with Gasteiger partial charge in [0.1, 0.15) is 12.4 Å². The monoisotopic (exact) mass is 346 g/mol. The molecule has 0 spiro atoms. The van der Waals surface area contributed by atoms with Crippen molar-refractivity contribution in [3.8, 4) is 5.75 Å². The van der Waals surface area contributed by atoms with Crippen LogP contribution in [0.15, 0.2) is 54.6 Å². The summed E-state index contributed by atoms with van der Waals surface area (Å²) in [6, 6.07) is 19.1. The smallest absolute Gasteiger partial charge is 0.119 e. The van der Waals surface area contributed by atoms with E-state index in [1.165, 1.54) is 11.1 Å². The number of piperidine rings is 1. The van der Waals surface area contributed by atoms with E-state index < -0.39 is 0 Å². The average molecular weight is 347 g/mol. The lowest BCUT2D eigenvalue weighted by atomic mass is 9.94. The molecule has 1 aliphatic heterocycles. The summed E-state index contributed by atoms with van der Waals surface area (Å²) in [5, 5.41) is 0. The van der Waals surface area contributed by atoms with Crippen LogP contribution in [0.25, 0.3) is 0 Å². The average Bonchev–Trinajstić information content (AvgIpc) is 2.58. The fourth-order valence-electron chi connectivity index (χ4n) is 3.08. The third kappa shape index (κ3) is 5.23. The van der Waals surface area contributed by atoms with Gasteiger partial charge >= 0.3 is 0 Å². The minimum Gasteiger partial charge on any atom is -0.489 e. The molecular weight excluding hydrogens is 320 g/mol. The van der Waals surface area contributed by atoms with E-state index in [0.29, 0.717) is 18.6 Å². The van der Waals surface area contributed by atoms with Gasteiger partial charge in [0.15, 0.2) is 0 Å². The van der Waals surface area contributed by atoms with Crippen LogP contribution in [0, 0.1) is 5.92 Å². The molecule has 1 saturated heterocycles. The zero-order chi connectivity index (χ0) is 16.1. The van der Waals surface area contributed by atoms with Crippen LogP contribution in [0.5, 0.6) is 5.75 Å². The number of benzene rings is 2. The van der Waals surface area contributed by atoms with Crippen molar-refractivity contribution < 1.29 is 4.74 Å². The van der Waals surface area contributed by atoms with Gasteiger partial charge in [-0.15, -0.1) is 12.4 Å². The van der Waals surface area contributed by atoms with E-state index in [0.717, 1.165) is 31.8 Å². The maximum absolute atomic E-state index is 6.09. The summed E-state index contributed by atoms with van der Waals surface area (Å²) < 4.78 is 5.84. The van der Waals surface area contributed by atoms with Gasteiger partial charge in [0.05, 0.1) is 0 Å². The van der Waals surface area contributed by atoms with Crippen LogP contribution in [-0.2, 0) is 13.2 Å². The number of hydrogen-bond acceptors (Lipinski definition) is 3. The Kier molecular flexibility index (Phi) is 7.10. The highest BCUT2D eigenvalue weighted by Gasteiger charge is 2.22. The molecule has 24 heavy (non-hydrogen) atoms. The Hall–Kier alpha value is -1.55. The second-order valence-corrected chi connectivity index (χ2v) is 6.58. The Bertz CT molecular complexity index is 603. The highest BCUT2D eigenvalue weighted by Crippen LogP contribution is 2.19. The Morgan fingerprint density at radius 2 is 1.75 bits per heavy atom. The predicted octanol–water partition coefficient (Wildman–Crippen LogP) is 3.86. The summed E-state index contributed by atoms with van der Waals surface area (Å²) in [6.07, 6.45) is 1.10. The first-order chi connectivity index (χ1) is 11.2. The van der Waals surface area contributed by atoms with Gasteiger partial charge in [-0.1, -0.05) is 49.4 Å². The number of nitrogens with zero attached hydrogens (tertiary/aromatic N) is 1. The van der Waals surface area contributed by atoms with Gasteiger partial charge in [-0.3, -0.25) is 4.90 Å². The number of ether oxygens (including phenoxy) is 1. The van der Waals surface area contributed by atoms with Crippen molar-refractivity contribution in [3.05, 3.63) is 65.7 Å². The molecule has 2 unspecified atom stereocenters. The van der Waals surface area contributed by atoms with E-state index in [2.05, 4.69) is 48.2 Å². The lowest BCUT2D eigenvalue weighted by Gasteiger charge is -2.35. The molecule has 2 atom stereocenters. The highest BCUT2D eigenvalue weighted by molar-refractivity contribution is 5.85. The van der Waals surface area contributed by atoms with Gasteiger partial charge in [-0.05, 0) is 42.1 Å². The number of rotatable bonds is 5. The molecule has 3 nitrogen and oxygen atoms in total. The van der Waals surface area contributed by atoms with Crippen molar-refractivity contribution in [2.24, 2.45) is 11.7 Å². The lowest BCUT2D eigenvalue weighted by molar-refractivity contribution is 0.158. The normalized spacial score (nSPS) is 21.1. The molecule has 1 aliphatic rings. The molecule has 1 fully saturated rings. The molecule has 0 amide bonds. The summed E-state index contributed by atoms with van der Waals surface area (Å²) in [7, 11) is 0. The van der Waals surface area contributed by atoms with E-state index in [9.17, 15) is 0 Å². The summed E-state index contributed by atoms with van der Waals surface area (Å²) in [5.74, 6) is 1.50. The standard InChI is InChI=1S/C20H26N2O.ClH/c1-16-13-22(12-11-20(16)21)14-17-7-9-19(10-8-17)23-15-18-5-3-2-4-6-18;/h2-10,16,20H,11-15,21H2,1H3;1H. The number of likely N-dealkylation sites (tertiary alicyclic amines) is 1. The van der Waals surface area contributed by atoms with Crippen molar-refractivity contribution >= 4 is 12.4 Å². The molecule has 3 rings (SSSR count). The fraction of sp³-hybridized carbons (Fsp3) is 0.400. The van der Waals surface area contributed by atoms with Crippen molar-refractivity contribution in [2.75, 3.05) is 13.1 Å². The first-order valence-corrected chi connectivity index (χ1v) is 8.44. The molecule has 0 radical (unpaired) electrons. The lowest BCUT2D eigenvalue weighted by Crippen LogP contribution is -2.45. The molecule has 1 heterocycles. The predicted molar refractivity (Wildman–Crippen MR) is 101 cm³/mol. The molecular formula is C20H27ClN2O. The SMILES string of the molecule is CC1CN(Cc2ccc(OCc3ccccc3)cc2)CCC1N.Cl. The third-order valence-electron chi connectivity index (χ3n) is 4.63. The molecule has 4 heteroatoms. The number of nitrogens with two attached hydrogens (primary N) is 1. The molecule has 0 bridgehead atoms. The van der Waals surface area contributed by atoms with Gasteiger partial charge in [0, 0.05) is 19.1 Å². The van der Waals surface area contributed by atoms with Crippen LogP contribution in [0.2, 0.25) is 0 Å². The quantitative estimate of drug-likeness (QED) is 0.893. The molecule has 2 N–H and O–H groups in total. The van der Waals surface area contributed by atoms with Gasteiger partial charge in [0.2, 0.25) is 0 Å². The van der Waals surface area contributed by atoms with Crippen LogP contribution in [-0.4, -0.2) is 24.0 Å². The topological polar surface area (TPSA) is 38.5 Å². The van der Waals surface area contributed by atoms with E-state index >= 15 is 0 Å². The molecule has 2 aromatic carbocycles. The largest absolute Gasteiger partial charge is 0.489 e. The van der Waals surface area contributed by atoms with Crippen molar-refractivity contribution in [1.29, 1.82) is 0 Å². The zero-order valence-electron chi connectivity index (χ0n) is 14.2. The van der Waals surface area contributed by atoms with Crippen LogP contribution in [0.3, 0.4) is 0 Å². The minimum atomic E-state index is 0. The zero-order valence-corrected chi connectivity index (χ0v) is 15.0. The summed E-state index contributed by atoms with van der Waals surface area (Å²) in [4.78, 5) is 2.49. The molecule has 0 saturated carbocycles. The van der Waals surface area contributed by atoms with Crippen molar-refractivity contribution in [3.63, 3.8) is 0 Å². The maximum Gasteiger partial charge on any atom is 0.119 e. The summed E-state index contributed by atoms with van der Waals surface area (Å²) in [5.41, 5.74) is 8.61. The minimum absolute atomic E-state index is 0. The summed E-state index contributed by atoms with van der Waals surface area (Å²) >= 11 is 0. The Morgan fingerprint density at radius 3 is 2.42 bits per heavy atom. The van der Waals surface area contributed by atoms with E-state index in [4.69, 9.17) is 10.5 Å². The molecule has 0 aliphatic carbocycles. The third-order valence-corrected chi connectivity index (χ3v) is 4.63. The molecule has 130 valence electrons. The van der Waals surface area contributed by atoms with Gasteiger partial charge in [-0.2, -0.15) is 0 Å². The van der Waals surface area contributed by atoms with Crippen molar-refractivity contribution in [2.45, 2.75) is 32.5 Å². The van der Waals surface area contributed by atoms with E-state index in [1.807, 2.05) is 18.2 Å². The molecule has 2 aromatic rings. The Morgan fingerprint density at radius 1 is 1.04 bits per heavy atom. The van der Waals surface area contributed by atoms with Crippen LogP contribution >= 0.6 is 12.4 Å². The molecule has 0 aromatic heterocycles. The van der Waals surface area contributed by atoms with Crippen molar-refractivity contribution in [1.82, 2.24) is 4.90 Å². The Balaban J connectivity index is 0.00000208. The first-order valence-electron chi connectivity index (χ1n) is 8.44. The van der Waals surface area contributed by atoms with E-state index in [1.54, 1.807) is 0 Å². The summed E-state index contributed by atoms with van der Waals surface area (Å²) in [6.45, 7) is 6.04. The van der Waals surface area contributed by atoms with Crippen LogP contribution in [0.1, 0.15) is 24.5 Å². The van der Waals surface area contributed by atoms with Gasteiger partial charge < -0.3 is 10.5 Å².